The molecule has 1 unspecified atom stereocenters. The lowest BCUT2D eigenvalue weighted by atomic mass is 9.97. The zero-order valence-electron chi connectivity index (χ0n) is 17.7. The summed E-state index contributed by atoms with van der Waals surface area (Å²) in [7, 11) is 0. The highest BCUT2D eigenvalue weighted by Crippen LogP contribution is 2.31. The smallest absolute Gasteiger partial charge is 0.416 e. The molecule has 1 saturated heterocycles. The van der Waals surface area contributed by atoms with E-state index in [0.717, 1.165) is 31.5 Å². The van der Waals surface area contributed by atoms with Crippen LogP contribution in [0.15, 0.2) is 59.2 Å². The van der Waals surface area contributed by atoms with Crippen molar-refractivity contribution < 1.29 is 27.1 Å². The minimum absolute atomic E-state index is 0.0726. The van der Waals surface area contributed by atoms with E-state index in [0.29, 0.717) is 23.8 Å². The Morgan fingerprint density at radius 1 is 1.18 bits per heavy atom. The molecule has 1 amide bonds. The molecule has 0 saturated carbocycles. The first-order valence-corrected chi connectivity index (χ1v) is 10.6. The monoisotopic (exact) mass is 460 g/mol. The molecule has 3 aromatic rings. The third-order valence-electron chi connectivity index (χ3n) is 5.37. The van der Waals surface area contributed by atoms with E-state index in [9.17, 15) is 18.0 Å². The first-order valence-electron chi connectivity index (χ1n) is 10.6. The summed E-state index contributed by atoms with van der Waals surface area (Å²) in [4.78, 5) is 14.6. The number of carbonyl (C=O) groups excluding carboxylic acids is 1. The first kappa shape index (κ1) is 22.6. The highest BCUT2D eigenvalue weighted by molar-refractivity contribution is 5.79. The quantitative estimate of drug-likeness (QED) is 0.533. The van der Waals surface area contributed by atoms with Crippen molar-refractivity contribution in [2.75, 3.05) is 31.1 Å². The molecule has 7 nitrogen and oxygen atoms in total. The van der Waals surface area contributed by atoms with Gasteiger partial charge in [0.15, 0.2) is 11.6 Å². The van der Waals surface area contributed by atoms with Gasteiger partial charge in [-0.2, -0.15) is 13.2 Å². The normalized spacial score (nSPS) is 16.5. The number of nitrogens with zero attached hydrogens (tertiary/aromatic N) is 3. The van der Waals surface area contributed by atoms with E-state index in [-0.39, 0.29) is 30.7 Å². The Hall–Kier alpha value is -3.56. The van der Waals surface area contributed by atoms with Crippen LogP contribution in [0.25, 0.3) is 11.5 Å². The Morgan fingerprint density at radius 2 is 2.06 bits per heavy atom. The number of anilines is 1. The predicted molar refractivity (Wildman–Crippen MR) is 115 cm³/mol. The van der Waals surface area contributed by atoms with Gasteiger partial charge in [0, 0.05) is 13.1 Å². The van der Waals surface area contributed by atoms with E-state index in [1.165, 1.54) is 12.1 Å². The Kier molecular flexibility index (Phi) is 6.81. The highest BCUT2D eigenvalue weighted by Gasteiger charge is 2.30. The number of rotatable bonds is 7. The number of nitrogens with one attached hydrogen (secondary N) is 1. The molecule has 1 aromatic carbocycles. The first-order chi connectivity index (χ1) is 15.9. The molecule has 1 fully saturated rings. The SMILES string of the molecule is O=C(NCCOc1cccc(C(F)(F)F)c1)C1CCCN(c2ccc(-c3ccco3)nn2)C1. The van der Waals surface area contributed by atoms with Crippen LogP contribution in [-0.4, -0.2) is 42.3 Å². The lowest BCUT2D eigenvalue weighted by Gasteiger charge is -2.32. The second-order valence-corrected chi connectivity index (χ2v) is 7.70. The number of halogens is 3. The molecule has 10 heteroatoms. The van der Waals surface area contributed by atoms with E-state index in [2.05, 4.69) is 15.5 Å². The molecule has 4 rings (SSSR count). The van der Waals surface area contributed by atoms with Gasteiger partial charge < -0.3 is 19.4 Å². The number of piperidine rings is 1. The van der Waals surface area contributed by atoms with Crippen LogP contribution in [0.4, 0.5) is 19.0 Å². The van der Waals surface area contributed by atoms with Crippen LogP contribution < -0.4 is 15.0 Å². The number of hydrogen-bond donors (Lipinski definition) is 1. The molecule has 1 atom stereocenters. The van der Waals surface area contributed by atoms with Crippen molar-refractivity contribution in [3.8, 4) is 17.2 Å². The Bertz CT molecular complexity index is 1060. The van der Waals surface area contributed by atoms with E-state index >= 15 is 0 Å². The van der Waals surface area contributed by atoms with Gasteiger partial charge in [-0.1, -0.05) is 6.07 Å². The molecular weight excluding hydrogens is 437 g/mol. The molecule has 0 radical (unpaired) electrons. The molecule has 2 aromatic heterocycles. The summed E-state index contributed by atoms with van der Waals surface area (Å²) in [5, 5.41) is 11.3. The maximum absolute atomic E-state index is 12.8. The molecule has 0 spiro atoms. The number of hydrogen-bond acceptors (Lipinski definition) is 6. The van der Waals surface area contributed by atoms with Crippen LogP contribution in [-0.2, 0) is 11.0 Å². The number of ether oxygens (including phenoxy) is 1. The number of carbonyl (C=O) groups is 1. The second kappa shape index (κ2) is 9.93. The number of benzene rings is 1. The summed E-state index contributed by atoms with van der Waals surface area (Å²) >= 11 is 0. The Balaban J connectivity index is 1.25. The molecular formula is C23H23F3N4O3. The second-order valence-electron chi connectivity index (χ2n) is 7.70. The van der Waals surface area contributed by atoms with Crippen LogP contribution in [0.5, 0.6) is 5.75 Å². The minimum atomic E-state index is -4.43. The standard InChI is InChI=1S/C23H23F3N4O3/c24-23(25,26)17-5-1-6-18(14-17)32-13-10-27-22(31)16-4-2-11-30(15-16)21-9-8-19(28-29-21)20-7-3-12-33-20/h1,3,5-9,12,14,16H,2,4,10-11,13,15H2,(H,27,31). The van der Waals surface area contributed by atoms with Crippen molar-refractivity contribution in [2.45, 2.75) is 19.0 Å². The fraction of sp³-hybridized carbons (Fsp3) is 0.348. The summed E-state index contributed by atoms with van der Waals surface area (Å²) in [5.74, 6) is 1.10. The van der Waals surface area contributed by atoms with Crippen LogP contribution in [0.1, 0.15) is 18.4 Å². The van der Waals surface area contributed by atoms with Gasteiger partial charge in [0.25, 0.3) is 0 Å². The molecule has 33 heavy (non-hydrogen) atoms. The lowest BCUT2D eigenvalue weighted by molar-refractivity contribution is -0.137. The van der Waals surface area contributed by atoms with Gasteiger partial charge in [-0.15, -0.1) is 10.2 Å². The highest BCUT2D eigenvalue weighted by atomic mass is 19.4. The van der Waals surface area contributed by atoms with E-state index in [1.807, 2.05) is 23.1 Å². The number of aromatic nitrogens is 2. The largest absolute Gasteiger partial charge is 0.492 e. The van der Waals surface area contributed by atoms with Crippen molar-refractivity contribution >= 4 is 11.7 Å². The van der Waals surface area contributed by atoms with Gasteiger partial charge in [0.05, 0.1) is 24.3 Å². The summed E-state index contributed by atoms with van der Waals surface area (Å²) < 4.78 is 49.0. The Morgan fingerprint density at radius 3 is 2.79 bits per heavy atom. The summed E-state index contributed by atoms with van der Waals surface area (Å²) in [6.45, 7) is 1.55. The molecule has 0 bridgehead atoms. The van der Waals surface area contributed by atoms with Gasteiger partial charge in [0.1, 0.15) is 18.1 Å². The van der Waals surface area contributed by atoms with Crippen LogP contribution >= 0.6 is 0 Å². The third-order valence-corrected chi connectivity index (χ3v) is 5.37. The molecule has 1 aliphatic heterocycles. The number of furan rings is 1. The predicted octanol–water partition coefficient (Wildman–Crippen LogP) is 4.17. The summed E-state index contributed by atoms with van der Waals surface area (Å²) in [6.07, 6.45) is -1.28. The summed E-state index contributed by atoms with van der Waals surface area (Å²) in [6, 6.07) is 11.9. The molecule has 0 aliphatic carbocycles. The van der Waals surface area contributed by atoms with Gasteiger partial charge in [-0.25, -0.2) is 0 Å². The van der Waals surface area contributed by atoms with E-state index in [4.69, 9.17) is 9.15 Å². The van der Waals surface area contributed by atoms with Crippen molar-refractivity contribution in [3.05, 3.63) is 60.4 Å². The summed E-state index contributed by atoms with van der Waals surface area (Å²) in [5.41, 5.74) is -0.137. The minimum Gasteiger partial charge on any atom is -0.492 e. The molecule has 3 heterocycles. The zero-order valence-corrected chi connectivity index (χ0v) is 17.7. The van der Waals surface area contributed by atoms with Gasteiger partial charge in [-0.3, -0.25) is 4.79 Å². The number of alkyl halides is 3. The average Bonchev–Trinajstić information content (AvgIpc) is 3.37. The average molecular weight is 460 g/mol. The van der Waals surface area contributed by atoms with E-state index < -0.39 is 11.7 Å². The third kappa shape index (κ3) is 5.82. The lowest BCUT2D eigenvalue weighted by Crippen LogP contribution is -2.44. The molecule has 174 valence electrons. The van der Waals surface area contributed by atoms with Crippen LogP contribution in [0, 0.1) is 5.92 Å². The van der Waals surface area contributed by atoms with Crippen molar-refractivity contribution in [2.24, 2.45) is 5.92 Å². The fourth-order valence-corrected chi connectivity index (χ4v) is 3.70. The van der Waals surface area contributed by atoms with Gasteiger partial charge in [0.2, 0.25) is 5.91 Å². The maximum atomic E-state index is 12.8. The van der Waals surface area contributed by atoms with Crippen molar-refractivity contribution in [1.29, 1.82) is 0 Å². The fourth-order valence-electron chi connectivity index (χ4n) is 3.70. The Labute approximate surface area is 188 Å². The van der Waals surface area contributed by atoms with Crippen molar-refractivity contribution in [1.82, 2.24) is 15.5 Å². The van der Waals surface area contributed by atoms with Gasteiger partial charge in [-0.05, 0) is 55.3 Å². The van der Waals surface area contributed by atoms with Crippen LogP contribution in [0.2, 0.25) is 0 Å². The van der Waals surface area contributed by atoms with Crippen LogP contribution in [0.3, 0.4) is 0 Å². The zero-order chi connectivity index (χ0) is 23.3. The van der Waals surface area contributed by atoms with Gasteiger partial charge >= 0.3 is 6.18 Å². The van der Waals surface area contributed by atoms with E-state index in [1.54, 1.807) is 12.3 Å². The molecule has 1 N–H and O–H groups in total. The number of amides is 1. The van der Waals surface area contributed by atoms with Crippen molar-refractivity contribution in [3.63, 3.8) is 0 Å². The maximum Gasteiger partial charge on any atom is 0.416 e. The molecule has 1 aliphatic rings. The topological polar surface area (TPSA) is 80.5 Å².